The molecule has 1 aromatic heterocycles. The van der Waals surface area contributed by atoms with Crippen LogP contribution in [0, 0.1) is 13.8 Å². The average molecular weight is 294 g/mol. The van der Waals surface area contributed by atoms with Crippen LogP contribution in [0.2, 0.25) is 0 Å². The van der Waals surface area contributed by atoms with E-state index in [4.69, 9.17) is 10.7 Å². The van der Waals surface area contributed by atoms with Crippen LogP contribution < -0.4 is 5.73 Å². The van der Waals surface area contributed by atoms with Crippen LogP contribution in [0.4, 0.5) is 0 Å². The standard InChI is InChI=1S/C18H18N2S/c1-12-8-10-14(11-9-12)16(19)18-20-17(13(2)21-18)15-6-4-3-5-7-15/h3-11,16H,19H2,1-2H3. The molecule has 0 bridgehead atoms. The summed E-state index contributed by atoms with van der Waals surface area (Å²) in [5.74, 6) is 0. The van der Waals surface area contributed by atoms with Crippen LogP contribution >= 0.6 is 11.3 Å². The zero-order chi connectivity index (χ0) is 14.8. The van der Waals surface area contributed by atoms with Gasteiger partial charge >= 0.3 is 0 Å². The Hall–Kier alpha value is -1.97. The van der Waals surface area contributed by atoms with Crippen molar-refractivity contribution in [3.05, 3.63) is 75.6 Å². The number of thiazole rings is 1. The normalized spacial score (nSPS) is 12.3. The number of nitrogens with two attached hydrogens (primary N) is 1. The van der Waals surface area contributed by atoms with Crippen LogP contribution in [-0.2, 0) is 0 Å². The molecule has 0 amide bonds. The number of benzene rings is 2. The van der Waals surface area contributed by atoms with Gasteiger partial charge in [0.25, 0.3) is 0 Å². The molecule has 2 aromatic carbocycles. The molecule has 3 aromatic rings. The van der Waals surface area contributed by atoms with E-state index in [1.54, 1.807) is 11.3 Å². The SMILES string of the molecule is Cc1ccc(C(N)c2nc(-c3ccccc3)c(C)s2)cc1. The molecule has 106 valence electrons. The van der Waals surface area contributed by atoms with Gasteiger partial charge < -0.3 is 5.73 Å². The molecule has 1 unspecified atom stereocenters. The smallest absolute Gasteiger partial charge is 0.115 e. The van der Waals surface area contributed by atoms with E-state index in [-0.39, 0.29) is 6.04 Å². The number of aromatic nitrogens is 1. The van der Waals surface area contributed by atoms with E-state index < -0.39 is 0 Å². The zero-order valence-electron chi connectivity index (χ0n) is 12.2. The highest BCUT2D eigenvalue weighted by molar-refractivity contribution is 7.12. The second kappa shape index (κ2) is 5.80. The molecule has 0 saturated carbocycles. The first-order valence-electron chi connectivity index (χ1n) is 7.00. The molecule has 2 N–H and O–H groups in total. The molecule has 1 atom stereocenters. The third kappa shape index (κ3) is 2.89. The lowest BCUT2D eigenvalue weighted by Gasteiger charge is -2.09. The molecule has 3 rings (SSSR count). The van der Waals surface area contributed by atoms with Gasteiger partial charge in [0.1, 0.15) is 5.01 Å². The molecule has 0 fully saturated rings. The lowest BCUT2D eigenvalue weighted by Crippen LogP contribution is -2.11. The molecule has 21 heavy (non-hydrogen) atoms. The maximum absolute atomic E-state index is 6.37. The number of rotatable bonds is 3. The van der Waals surface area contributed by atoms with Crippen LogP contribution in [0.25, 0.3) is 11.3 Å². The fourth-order valence-corrected chi connectivity index (χ4v) is 3.30. The van der Waals surface area contributed by atoms with Gasteiger partial charge in [-0.1, -0.05) is 60.2 Å². The van der Waals surface area contributed by atoms with E-state index in [0.29, 0.717) is 0 Å². The van der Waals surface area contributed by atoms with Gasteiger partial charge in [-0.3, -0.25) is 0 Å². The first-order chi connectivity index (χ1) is 10.1. The molecule has 3 heteroatoms. The molecule has 0 saturated heterocycles. The van der Waals surface area contributed by atoms with Crippen LogP contribution in [0.15, 0.2) is 54.6 Å². The van der Waals surface area contributed by atoms with Gasteiger partial charge in [0.15, 0.2) is 0 Å². The van der Waals surface area contributed by atoms with Crippen LogP contribution in [-0.4, -0.2) is 4.98 Å². The van der Waals surface area contributed by atoms with Gasteiger partial charge in [0, 0.05) is 10.4 Å². The van der Waals surface area contributed by atoms with E-state index in [9.17, 15) is 0 Å². The third-order valence-corrected chi connectivity index (χ3v) is 4.62. The van der Waals surface area contributed by atoms with E-state index in [0.717, 1.165) is 21.8 Å². The second-order valence-corrected chi connectivity index (χ2v) is 6.45. The van der Waals surface area contributed by atoms with Crippen molar-refractivity contribution in [3.8, 4) is 11.3 Å². The Labute approximate surface area is 129 Å². The summed E-state index contributed by atoms with van der Waals surface area (Å²) in [7, 11) is 0. The van der Waals surface area contributed by atoms with Crippen molar-refractivity contribution in [3.63, 3.8) is 0 Å². The minimum atomic E-state index is -0.160. The number of hydrogen-bond donors (Lipinski definition) is 1. The Balaban J connectivity index is 1.95. The van der Waals surface area contributed by atoms with Gasteiger partial charge in [-0.25, -0.2) is 4.98 Å². The molecule has 0 aliphatic carbocycles. The van der Waals surface area contributed by atoms with Gasteiger partial charge in [-0.2, -0.15) is 0 Å². The van der Waals surface area contributed by atoms with Gasteiger partial charge in [0.2, 0.25) is 0 Å². The third-order valence-electron chi connectivity index (χ3n) is 3.56. The maximum Gasteiger partial charge on any atom is 0.115 e. The van der Waals surface area contributed by atoms with Crippen LogP contribution in [0.3, 0.4) is 0 Å². The lowest BCUT2D eigenvalue weighted by molar-refractivity contribution is 0.858. The van der Waals surface area contributed by atoms with Crippen LogP contribution in [0.5, 0.6) is 0 Å². The molecule has 2 nitrogen and oxygen atoms in total. The lowest BCUT2D eigenvalue weighted by atomic mass is 10.1. The molecule has 0 spiro atoms. The van der Waals surface area contributed by atoms with Gasteiger partial charge in [-0.05, 0) is 19.4 Å². The maximum atomic E-state index is 6.37. The first kappa shape index (κ1) is 14.0. The number of aryl methyl sites for hydroxylation is 2. The summed E-state index contributed by atoms with van der Waals surface area (Å²) in [4.78, 5) is 5.98. The summed E-state index contributed by atoms with van der Waals surface area (Å²) in [6.07, 6.45) is 0. The summed E-state index contributed by atoms with van der Waals surface area (Å²) in [6.45, 7) is 4.18. The van der Waals surface area contributed by atoms with Crippen molar-refractivity contribution in [1.29, 1.82) is 0 Å². The Kier molecular flexibility index (Phi) is 3.86. The molecule has 1 heterocycles. The van der Waals surface area contributed by atoms with Crippen LogP contribution in [0.1, 0.15) is 27.1 Å². The van der Waals surface area contributed by atoms with Crippen molar-refractivity contribution in [1.82, 2.24) is 4.98 Å². The topological polar surface area (TPSA) is 38.9 Å². The predicted molar refractivity (Wildman–Crippen MR) is 89.5 cm³/mol. The fraction of sp³-hybridized carbons (Fsp3) is 0.167. The van der Waals surface area contributed by atoms with Crippen molar-refractivity contribution in [2.45, 2.75) is 19.9 Å². The summed E-state index contributed by atoms with van der Waals surface area (Å²) in [5, 5.41) is 0.968. The van der Waals surface area contributed by atoms with E-state index in [1.807, 2.05) is 18.2 Å². The average Bonchev–Trinajstić information content (AvgIpc) is 2.90. The minimum Gasteiger partial charge on any atom is -0.318 e. The Morgan fingerprint density at radius 3 is 2.29 bits per heavy atom. The summed E-state index contributed by atoms with van der Waals surface area (Å²) in [6, 6.07) is 18.4. The first-order valence-corrected chi connectivity index (χ1v) is 7.81. The molecular formula is C18H18N2S. The molecule has 0 radical (unpaired) electrons. The summed E-state index contributed by atoms with van der Waals surface area (Å²) >= 11 is 1.68. The molecule has 0 aliphatic heterocycles. The van der Waals surface area contributed by atoms with Crippen molar-refractivity contribution >= 4 is 11.3 Å². The quantitative estimate of drug-likeness (QED) is 0.773. The molecular weight excluding hydrogens is 276 g/mol. The van der Waals surface area contributed by atoms with Crippen molar-refractivity contribution < 1.29 is 0 Å². The second-order valence-electron chi connectivity index (χ2n) is 5.21. The minimum absolute atomic E-state index is 0.160. The van der Waals surface area contributed by atoms with Crippen molar-refractivity contribution in [2.24, 2.45) is 5.73 Å². The number of hydrogen-bond acceptors (Lipinski definition) is 3. The highest BCUT2D eigenvalue weighted by Gasteiger charge is 2.16. The van der Waals surface area contributed by atoms with E-state index in [2.05, 4.69) is 50.2 Å². The van der Waals surface area contributed by atoms with E-state index in [1.165, 1.54) is 10.4 Å². The Bertz CT molecular complexity index is 730. The monoisotopic (exact) mass is 294 g/mol. The van der Waals surface area contributed by atoms with Gasteiger partial charge in [-0.15, -0.1) is 11.3 Å². The fourth-order valence-electron chi connectivity index (χ4n) is 2.33. The van der Waals surface area contributed by atoms with Crippen molar-refractivity contribution in [2.75, 3.05) is 0 Å². The molecule has 0 aliphatic rings. The highest BCUT2D eigenvalue weighted by Crippen LogP contribution is 2.31. The summed E-state index contributed by atoms with van der Waals surface area (Å²) < 4.78 is 0. The Morgan fingerprint density at radius 1 is 0.952 bits per heavy atom. The summed E-state index contributed by atoms with van der Waals surface area (Å²) in [5.41, 5.74) is 10.9. The van der Waals surface area contributed by atoms with Gasteiger partial charge in [0.05, 0.1) is 11.7 Å². The number of nitrogens with zero attached hydrogens (tertiary/aromatic N) is 1. The zero-order valence-corrected chi connectivity index (χ0v) is 13.0. The predicted octanol–water partition coefficient (Wildman–Crippen LogP) is 4.48. The largest absolute Gasteiger partial charge is 0.318 e. The van der Waals surface area contributed by atoms with E-state index >= 15 is 0 Å². The highest BCUT2D eigenvalue weighted by atomic mass is 32.1. The Morgan fingerprint density at radius 2 is 1.62 bits per heavy atom.